The van der Waals surface area contributed by atoms with Crippen molar-refractivity contribution in [3.05, 3.63) is 29.3 Å². The molecule has 5 heteroatoms. The van der Waals surface area contributed by atoms with Crippen LogP contribution in [0.2, 0.25) is 5.02 Å². The summed E-state index contributed by atoms with van der Waals surface area (Å²) in [6.45, 7) is 2.44. The molecular formula is C17H23ClO4. The highest BCUT2D eigenvalue weighted by atomic mass is 35.5. The number of carbonyl (C=O) groups excluding carboxylic acids is 2. The molecular weight excluding hydrogens is 304 g/mol. The molecule has 0 aliphatic carbocycles. The minimum atomic E-state index is -1.01. The Morgan fingerprint density at radius 2 is 1.50 bits per heavy atom. The van der Waals surface area contributed by atoms with E-state index in [0.717, 1.165) is 19.3 Å². The van der Waals surface area contributed by atoms with Gasteiger partial charge in [-0.15, -0.1) is 0 Å². The van der Waals surface area contributed by atoms with Crippen LogP contribution < -0.4 is 4.74 Å². The van der Waals surface area contributed by atoms with Crippen molar-refractivity contribution >= 4 is 23.5 Å². The van der Waals surface area contributed by atoms with Gasteiger partial charge in [0.15, 0.2) is 0 Å². The van der Waals surface area contributed by atoms with Crippen molar-refractivity contribution < 1.29 is 19.1 Å². The monoisotopic (exact) mass is 326 g/mol. The largest absolute Gasteiger partial charge is 0.457 e. The third kappa shape index (κ3) is 8.03. The van der Waals surface area contributed by atoms with E-state index in [1.807, 2.05) is 0 Å². The molecule has 122 valence electrons. The normalized spacial score (nSPS) is 10.3. The smallest absolute Gasteiger partial charge is 0.422 e. The molecule has 0 saturated carbocycles. The second-order valence-electron chi connectivity index (χ2n) is 5.10. The van der Waals surface area contributed by atoms with Crippen LogP contribution in [-0.2, 0) is 14.3 Å². The molecule has 22 heavy (non-hydrogen) atoms. The van der Waals surface area contributed by atoms with Crippen LogP contribution in [0.15, 0.2) is 24.3 Å². The lowest BCUT2D eigenvalue weighted by Crippen LogP contribution is -2.23. The van der Waals surface area contributed by atoms with Gasteiger partial charge in [0.05, 0.1) is 6.61 Å². The van der Waals surface area contributed by atoms with Gasteiger partial charge in [-0.05, 0) is 30.7 Å². The van der Waals surface area contributed by atoms with Crippen LogP contribution in [0, 0.1) is 0 Å². The predicted octanol–water partition coefficient (Wildman–Crippen LogP) is 4.54. The number of hydrogen-bond acceptors (Lipinski definition) is 4. The first-order chi connectivity index (χ1) is 10.6. The van der Waals surface area contributed by atoms with E-state index in [4.69, 9.17) is 21.1 Å². The van der Waals surface area contributed by atoms with E-state index < -0.39 is 11.9 Å². The molecule has 0 aliphatic heterocycles. The lowest BCUT2D eigenvalue weighted by Gasteiger charge is -2.05. The Morgan fingerprint density at radius 1 is 0.909 bits per heavy atom. The van der Waals surface area contributed by atoms with Crippen molar-refractivity contribution in [2.45, 2.75) is 51.9 Å². The maximum Gasteiger partial charge on any atom is 0.422 e. The number of unbranched alkanes of at least 4 members (excludes halogenated alkanes) is 6. The lowest BCUT2D eigenvalue weighted by molar-refractivity contribution is -0.162. The molecule has 1 aromatic carbocycles. The topological polar surface area (TPSA) is 52.6 Å². The fourth-order valence-corrected chi connectivity index (χ4v) is 2.06. The Balaban J connectivity index is 2.11. The van der Waals surface area contributed by atoms with Gasteiger partial charge in [-0.2, -0.15) is 0 Å². The Labute approximate surface area is 136 Å². The van der Waals surface area contributed by atoms with Gasteiger partial charge in [0.2, 0.25) is 0 Å². The summed E-state index contributed by atoms with van der Waals surface area (Å²) in [5, 5.41) is 0.529. The van der Waals surface area contributed by atoms with Crippen molar-refractivity contribution in [3.63, 3.8) is 0 Å². The molecule has 0 N–H and O–H groups in total. The number of benzene rings is 1. The number of halogens is 1. The molecule has 0 aromatic heterocycles. The van der Waals surface area contributed by atoms with Gasteiger partial charge < -0.3 is 9.47 Å². The van der Waals surface area contributed by atoms with E-state index in [-0.39, 0.29) is 12.4 Å². The first kappa shape index (κ1) is 18.5. The summed E-state index contributed by atoms with van der Waals surface area (Å²) >= 11 is 5.72. The fourth-order valence-electron chi connectivity index (χ4n) is 1.93. The average molecular weight is 327 g/mol. The molecule has 0 radical (unpaired) electrons. The molecule has 0 fully saturated rings. The van der Waals surface area contributed by atoms with E-state index in [1.165, 1.54) is 37.8 Å². The number of rotatable bonds is 9. The second-order valence-corrected chi connectivity index (χ2v) is 5.54. The molecule has 0 spiro atoms. The highest BCUT2D eigenvalue weighted by molar-refractivity contribution is 6.31. The van der Waals surface area contributed by atoms with E-state index >= 15 is 0 Å². The average Bonchev–Trinajstić information content (AvgIpc) is 2.52. The SMILES string of the molecule is CCCCCCCCCOC(=O)C(=O)Oc1ccc(Cl)cc1. The predicted molar refractivity (Wildman–Crippen MR) is 86.0 cm³/mol. The van der Waals surface area contributed by atoms with Crippen LogP contribution in [0.25, 0.3) is 0 Å². The minimum absolute atomic E-state index is 0.252. The molecule has 0 aliphatic rings. The zero-order valence-electron chi connectivity index (χ0n) is 13.0. The Hall–Kier alpha value is -1.55. The molecule has 4 nitrogen and oxygen atoms in total. The molecule has 0 amide bonds. The molecule has 0 atom stereocenters. The third-order valence-corrected chi connectivity index (χ3v) is 3.42. The number of esters is 2. The van der Waals surface area contributed by atoms with Crippen LogP contribution >= 0.6 is 11.6 Å². The summed E-state index contributed by atoms with van der Waals surface area (Å²) in [5.41, 5.74) is 0. The molecule has 0 bridgehead atoms. The first-order valence-corrected chi connectivity index (χ1v) is 8.15. The van der Waals surface area contributed by atoms with Crippen LogP contribution in [0.4, 0.5) is 0 Å². The summed E-state index contributed by atoms with van der Waals surface area (Å²) in [5.74, 6) is -1.70. The van der Waals surface area contributed by atoms with Gasteiger partial charge in [0.25, 0.3) is 0 Å². The Morgan fingerprint density at radius 3 is 2.14 bits per heavy atom. The Bertz CT molecular complexity index is 456. The fraction of sp³-hybridized carbons (Fsp3) is 0.529. The quantitative estimate of drug-likeness (QED) is 0.289. The van der Waals surface area contributed by atoms with Gasteiger partial charge in [0, 0.05) is 5.02 Å². The van der Waals surface area contributed by atoms with Gasteiger partial charge >= 0.3 is 11.9 Å². The van der Waals surface area contributed by atoms with Crippen LogP contribution in [-0.4, -0.2) is 18.5 Å². The number of hydrogen-bond donors (Lipinski definition) is 0. The van der Waals surface area contributed by atoms with Crippen LogP contribution in [0.5, 0.6) is 5.75 Å². The Kier molecular flexibility index (Phi) is 9.31. The highest BCUT2D eigenvalue weighted by Crippen LogP contribution is 2.15. The zero-order chi connectivity index (χ0) is 16.2. The standard InChI is InChI=1S/C17H23ClO4/c1-2-3-4-5-6-7-8-13-21-16(19)17(20)22-15-11-9-14(18)10-12-15/h9-12H,2-8,13H2,1H3. The summed E-state index contributed by atoms with van der Waals surface area (Å²) in [7, 11) is 0. The van der Waals surface area contributed by atoms with Gasteiger partial charge in [0.1, 0.15) is 5.75 Å². The van der Waals surface area contributed by atoms with Gasteiger partial charge in [-0.25, -0.2) is 9.59 Å². The molecule has 0 saturated heterocycles. The molecule has 0 heterocycles. The van der Waals surface area contributed by atoms with Crippen LogP contribution in [0.3, 0.4) is 0 Å². The second kappa shape index (κ2) is 11.1. The maximum atomic E-state index is 11.5. The van der Waals surface area contributed by atoms with E-state index in [0.29, 0.717) is 5.02 Å². The minimum Gasteiger partial charge on any atom is -0.457 e. The molecule has 1 aromatic rings. The van der Waals surface area contributed by atoms with Gasteiger partial charge in [-0.1, -0.05) is 57.0 Å². The van der Waals surface area contributed by atoms with E-state index in [9.17, 15) is 9.59 Å². The van der Waals surface area contributed by atoms with E-state index in [1.54, 1.807) is 12.1 Å². The van der Waals surface area contributed by atoms with Crippen molar-refractivity contribution in [1.82, 2.24) is 0 Å². The third-order valence-electron chi connectivity index (χ3n) is 3.17. The molecule has 0 unspecified atom stereocenters. The maximum absolute atomic E-state index is 11.5. The van der Waals surface area contributed by atoms with Crippen molar-refractivity contribution in [1.29, 1.82) is 0 Å². The van der Waals surface area contributed by atoms with E-state index in [2.05, 4.69) is 6.92 Å². The van der Waals surface area contributed by atoms with Crippen LogP contribution in [0.1, 0.15) is 51.9 Å². The summed E-state index contributed by atoms with van der Waals surface area (Å²) in [6.07, 6.45) is 7.87. The summed E-state index contributed by atoms with van der Waals surface area (Å²) in [6, 6.07) is 6.19. The van der Waals surface area contributed by atoms with Crippen molar-refractivity contribution in [2.24, 2.45) is 0 Å². The summed E-state index contributed by atoms with van der Waals surface area (Å²) in [4.78, 5) is 23.0. The highest BCUT2D eigenvalue weighted by Gasteiger charge is 2.17. The summed E-state index contributed by atoms with van der Waals surface area (Å²) < 4.78 is 9.77. The lowest BCUT2D eigenvalue weighted by atomic mass is 10.1. The molecule has 1 rings (SSSR count). The number of ether oxygens (including phenoxy) is 2. The number of carbonyl (C=O) groups is 2. The van der Waals surface area contributed by atoms with Gasteiger partial charge in [-0.3, -0.25) is 0 Å². The first-order valence-electron chi connectivity index (χ1n) is 7.78. The van der Waals surface area contributed by atoms with Crippen molar-refractivity contribution in [2.75, 3.05) is 6.61 Å². The zero-order valence-corrected chi connectivity index (χ0v) is 13.7. The van der Waals surface area contributed by atoms with Crippen molar-refractivity contribution in [3.8, 4) is 5.75 Å².